The van der Waals surface area contributed by atoms with Crippen LogP contribution in [0.15, 0.2) is 41.3 Å². The molecule has 4 heterocycles. The van der Waals surface area contributed by atoms with Crippen LogP contribution in [0.25, 0.3) is 22.4 Å². The van der Waals surface area contributed by atoms with Crippen LogP contribution in [0.4, 0.5) is 5.95 Å². The maximum Gasteiger partial charge on any atom is 0.392 e. The third kappa shape index (κ3) is 3.21. The summed E-state index contributed by atoms with van der Waals surface area (Å²) in [7, 11) is 0. The number of aromatic nitrogens is 3. The number of H-pyrrole nitrogens is 1. The van der Waals surface area contributed by atoms with E-state index in [-0.39, 0.29) is 0 Å². The molecule has 134 valence electrons. The van der Waals surface area contributed by atoms with Crippen molar-refractivity contribution in [1.82, 2.24) is 9.97 Å². The minimum atomic E-state index is 0.695. The van der Waals surface area contributed by atoms with Gasteiger partial charge in [-0.2, -0.15) is 0 Å². The van der Waals surface area contributed by atoms with E-state index in [4.69, 9.17) is 9.40 Å². The molecule has 0 amide bonds. The fraction of sp³-hybridized carbons (Fsp3) is 0.381. The molecule has 0 saturated carbocycles. The first-order valence-corrected chi connectivity index (χ1v) is 9.27. The van der Waals surface area contributed by atoms with E-state index in [1.165, 1.54) is 12.8 Å². The van der Waals surface area contributed by atoms with Crippen LogP contribution in [0.2, 0.25) is 0 Å². The lowest BCUT2D eigenvalue weighted by molar-refractivity contribution is -0.367. The van der Waals surface area contributed by atoms with Gasteiger partial charge in [-0.25, -0.2) is 4.98 Å². The van der Waals surface area contributed by atoms with Gasteiger partial charge in [0.05, 0.1) is 36.7 Å². The van der Waals surface area contributed by atoms with Crippen LogP contribution in [0, 0.1) is 19.8 Å². The van der Waals surface area contributed by atoms with Gasteiger partial charge in [0, 0.05) is 11.9 Å². The number of hydrogen-bond donors (Lipinski definition) is 0. The molecule has 1 aliphatic rings. The molecule has 1 aliphatic heterocycles. The van der Waals surface area contributed by atoms with Gasteiger partial charge in [-0.15, -0.1) is 0 Å². The summed E-state index contributed by atoms with van der Waals surface area (Å²) in [6, 6.07) is 6.11. The molecular formula is C21H25N4O+. The van der Waals surface area contributed by atoms with Crippen LogP contribution in [0.5, 0.6) is 0 Å². The van der Waals surface area contributed by atoms with Crippen LogP contribution in [0.3, 0.4) is 0 Å². The van der Waals surface area contributed by atoms with Crippen LogP contribution in [-0.2, 0) is 0 Å². The zero-order valence-corrected chi connectivity index (χ0v) is 15.6. The number of aryl methyl sites for hydroxylation is 2. The van der Waals surface area contributed by atoms with Crippen LogP contribution >= 0.6 is 0 Å². The molecule has 1 saturated heterocycles. The van der Waals surface area contributed by atoms with Gasteiger partial charge in [0.15, 0.2) is 5.69 Å². The lowest BCUT2D eigenvalue weighted by Gasteiger charge is -2.25. The number of hydrogen-bond acceptors (Lipinski definition) is 4. The summed E-state index contributed by atoms with van der Waals surface area (Å²) in [5.41, 5.74) is 5.15. The molecular weight excluding hydrogens is 324 g/mol. The van der Waals surface area contributed by atoms with Crippen LogP contribution < -0.4 is 9.88 Å². The van der Waals surface area contributed by atoms with Gasteiger partial charge in [-0.1, -0.05) is 11.9 Å². The summed E-state index contributed by atoms with van der Waals surface area (Å²) in [5, 5.41) is 0. The Balaban J connectivity index is 1.83. The highest BCUT2D eigenvalue weighted by Gasteiger charge is 2.27. The second-order valence-electron chi connectivity index (χ2n) is 7.26. The van der Waals surface area contributed by atoms with Crippen molar-refractivity contribution < 1.29 is 9.40 Å². The SMILES string of the molecule is Cc1cc(-c2c[nH+]c(N3CCCC(C)C3)nc2-c2ccoc2C)ccn1. The number of rotatable bonds is 3. The molecule has 3 aromatic heterocycles. The van der Waals surface area contributed by atoms with Crippen LogP contribution in [-0.4, -0.2) is 23.1 Å². The van der Waals surface area contributed by atoms with Crippen molar-refractivity contribution >= 4 is 5.95 Å². The molecule has 1 atom stereocenters. The third-order valence-electron chi connectivity index (χ3n) is 5.10. The van der Waals surface area contributed by atoms with Gasteiger partial charge in [-0.05, 0) is 56.4 Å². The molecule has 0 aromatic carbocycles. The summed E-state index contributed by atoms with van der Waals surface area (Å²) >= 11 is 0. The van der Waals surface area contributed by atoms with Gasteiger partial charge < -0.3 is 4.42 Å². The van der Waals surface area contributed by atoms with Crippen LogP contribution in [0.1, 0.15) is 31.2 Å². The highest BCUT2D eigenvalue weighted by Crippen LogP contribution is 2.33. The number of piperidine rings is 1. The molecule has 5 heteroatoms. The van der Waals surface area contributed by atoms with Gasteiger partial charge >= 0.3 is 5.95 Å². The van der Waals surface area contributed by atoms with Crippen molar-refractivity contribution in [3.63, 3.8) is 0 Å². The zero-order valence-electron chi connectivity index (χ0n) is 15.6. The van der Waals surface area contributed by atoms with E-state index in [2.05, 4.69) is 34.1 Å². The van der Waals surface area contributed by atoms with E-state index < -0.39 is 0 Å². The Hall–Kier alpha value is -2.69. The number of anilines is 1. The molecule has 0 spiro atoms. The highest BCUT2D eigenvalue weighted by molar-refractivity contribution is 5.81. The summed E-state index contributed by atoms with van der Waals surface area (Å²) in [4.78, 5) is 15.1. The van der Waals surface area contributed by atoms with Crippen molar-refractivity contribution in [2.45, 2.75) is 33.6 Å². The molecule has 3 aromatic rings. The number of furan rings is 1. The number of nitrogens with zero attached hydrogens (tertiary/aromatic N) is 3. The first-order chi connectivity index (χ1) is 12.6. The normalized spacial score (nSPS) is 17.5. The molecule has 5 nitrogen and oxygen atoms in total. The fourth-order valence-electron chi connectivity index (χ4n) is 3.72. The lowest BCUT2D eigenvalue weighted by atomic mass is 10.00. The number of aromatic amines is 1. The largest absolute Gasteiger partial charge is 0.469 e. The summed E-state index contributed by atoms with van der Waals surface area (Å²) in [6.07, 6.45) is 8.14. The average molecular weight is 349 g/mol. The number of nitrogens with one attached hydrogen (secondary N) is 1. The summed E-state index contributed by atoms with van der Waals surface area (Å²) < 4.78 is 5.56. The maximum atomic E-state index is 5.56. The predicted octanol–water partition coefficient (Wildman–Crippen LogP) is 4.07. The number of pyridine rings is 1. The third-order valence-corrected chi connectivity index (χ3v) is 5.10. The Bertz CT molecular complexity index is 918. The topological polar surface area (TPSA) is 56.3 Å². The van der Waals surface area contributed by atoms with Gasteiger partial charge in [-0.3, -0.25) is 9.88 Å². The van der Waals surface area contributed by atoms with E-state index in [0.29, 0.717) is 5.92 Å². The van der Waals surface area contributed by atoms with Crippen molar-refractivity contribution in [2.75, 3.05) is 18.0 Å². The van der Waals surface area contributed by atoms with Crippen molar-refractivity contribution in [3.05, 3.63) is 48.3 Å². The molecule has 1 unspecified atom stereocenters. The lowest BCUT2D eigenvalue weighted by Crippen LogP contribution is -2.38. The molecule has 26 heavy (non-hydrogen) atoms. The summed E-state index contributed by atoms with van der Waals surface area (Å²) in [5.74, 6) is 2.51. The molecule has 0 bridgehead atoms. The molecule has 0 radical (unpaired) electrons. The van der Waals surface area contributed by atoms with Gasteiger partial charge in [0.2, 0.25) is 0 Å². The molecule has 4 rings (SSSR count). The van der Waals surface area contributed by atoms with Gasteiger partial charge in [0.25, 0.3) is 0 Å². The second-order valence-corrected chi connectivity index (χ2v) is 7.26. The first kappa shape index (κ1) is 16.8. The minimum Gasteiger partial charge on any atom is -0.469 e. The quantitative estimate of drug-likeness (QED) is 0.715. The Labute approximate surface area is 154 Å². The monoisotopic (exact) mass is 349 g/mol. The Kier molecular flexibility index (Phi) is 4.45. The van der Waals surface area contributed by atoms with E-state index in [9.17, 15) is 0 Å². The highest BCUT2D eigenvalue weighted by atomic mass is 16.3. The zero-order chi connectivity index (χ0) is 18.1. The van der Waals surface area contributed by atoms with Crippen molar-refractivity contribution in [3.8, 4) is 22.4 Å². The molecule has 1 N–H and O–H groups in total. The van der Waals surface area contributed by atoms with Crippen molar-refractivity contribution in [2.24, 2.45) is 5.92 Å². The van der Waals surface area contributed by atoms with E-state index in [1.54, 1.807) is 6.26 Å². The Morgan fingerprint density at radius 3 is 2.85 bits per heavy atom. The maximum absolute atomic E-state index is 5.56. The smallest absolute Gasteiger partial charge is 0.392 e. The summed E-state index contributed by atoms with van der Waals surface area (Å²) in [6.45, 7) is 8.39. The van der Waals surface area contributed by atoms with E-state index in [1.807, 2.05) is 32.2 Å². The van der Waals surface area contributed by atoms with Gasteiger partial charge in [0.1, 0.15) is 5.76 Å². The Morgan fingerprint density at radius 2 is 2.12 bits per heavy atom. The second kappa shape index (κ2) is 6.90. The molecule has 1 fully saturated rings. The minimum absolute atomic E-state index is 0.695. The average Bonchev–Trinajstić information content (AvgIpc) is 3.07. The predicted molar refractivity (Wildman–Crippen MR) is 102 cm³/mol. The Morgan fingerprint density at radius 1 is 1.23 bits per heavy atom. The standard InChI is InChI=1S/C21H24N4O/c1-14-5-4-9-25(13-14)21-23-12-19(17-6-8-22-15(2)11-17)20(24-21)18-7-10-26-16(18)3/h6-8,10-12,14H,4-5,9,13H2,1-3H3/p+1. The fourth-order valence-corrected chi connectivity index (χ4v) is 3.72. The van der Waals surface area contributed by atoms with E-state index >= 15 is 0 Å². The van der Waals surface area contributed by atoms with Crippen molar-refractivity contribution in [1.29, 1.82) is 0 Å². The van der Waals surface area contributed by atoms with E-state index in [0.717, 1.165) is 52.9 Å². The first-order valence-electron chi connectivity index (χ1n) is 9.27. The molecule has 0 aliphatic carbocycles.